The Morgan fingerprint density at radius 2 is 1.12 bits per heavy atom. The minimum Gasteiger partial charge on any atom is -0.309 e. The van der Waals surface area contributed by atoms with Gasteiger partial charge in [0.15, 0.2) is 0 Å². The highest BCUT2D eigenvalue weighted by molar-refractivity contribution is 6.26. The van der Waals surface area contributed by atoms with E-state index in [4.69, 9.17) is 0 Å². The van der Waals surface area contributed by atoms with Crippen molar-refractivity contribution in [2.45, 2.75) is 38.5 Å². The third-order valence-corrected chi connectivity index (χ3v) is 10.8. The van der Waals surface area contributed by atoms with E-state index in [1.165, 1.54) is 93.5 Å². The Hall–Kier alpha value is -4.88. The molecule has 0 fully saturated rings. The number of nitrogens with zero attached hydrogens (tertiary/aromatic N) is 1. The van der Waals surface area contributed by atoms with E-state index in [0.29, 0.717) is 0 Å². The summed E-state index contributed by atoms with van der Waals surface area (Å²) in [6, 6.07) is 43.3. The second-order valence-electron chi connectivity index (χ2n) is 13.7. The Kier molecular flexibility index (Phi) is 4.15. The predicted octanol–water partition coefficient (Wildman–Crippen LogP) is 11.1. The lowest BCUT2D eigenvalue weighted by molar-refractivity contribution is 0.606. The quantitative estimate of drug-likeness (QED) is 0.179. The van der Waals surface area contributed by atoms with Gasteiger partial charge in [-0.25, -0.2) is 0 Å². The zero-order valence-corrected chi connectivity index (χ0v) is 24.9. The van der Waals surface area contributed by atoms with Crippen LogP contribution in [-0.4, -0.2) is 4.57 Å². The molecule has 1 aromatic heterocycles. The first-order valence-corrected chi connectivity index (χ1v) is 15.5. The normalized spacial score (nSPS) is 15.8. The van der Waals surface area contributed by atoms with Gasteiger partial charge in [-0.1, -0.05) is 125 Å². The number of hydrogen-bond acceptors (Lipinski definition) is 0. The van der Waals surface area contributed by atoms with Crippen LogP contribution in [-0.2, 0) is 10.8 Å². The molecule has 43 heavy (non-hydrogen) atoms. The second-order valence-corrected chi connectivity index (χ2v) is 13.7. The minimum absolute atomic E-state index is 0.151. The summed E-state index contributed by atoms with van der Waals surface area (Å²) in [6.07, 6.45) is 0. The molecule has 0 radical (unpaired) electrons. The summed E-state index contributed by atoms with van der Waals surface area (Å²) < 4.78 is 2.62. The van der Waals surface area contributed by atoms with Crippen LogP contribution >= 0.6 is 0 Å². The summed E-state index contributed by atoms with van der Waals surface area (Å²) in [7, 11) is 0. The first kappa shape index (κ1) is 23.7. The van der Waals surface area contributed by atoms with Gasteiger partial charge in [0, 0.05) is 27.6 Å². The van der Waals surface area contributed by atoms with Gasteiger partial charge in [-0.3, -0.25) is 0 Å². The van der Waals surface area contributed by atoms with Crippen molar-refractivity contribution in [2.75, 3.05) is 0 Å². The summed E-state index contributed by atoms with van der Waals surface area (Å²) in [6.45, 7) is 9.84. The van der Waals surface area contributed by atoms with Gasteiger partial charge in [0.1, 0.15) is 0 Å². The van der Waals surface area contributed by atoms with E-state index >= 15 is 0 Å². The zero-order valence-electron chi connectivity index (χ0n) is 24.9. The van der Waals surface area contributed by atoms with Crippen LogP contribution in [0.3, 0.4) is 0 Å². The molecular formula is C42H31N. The molecule has 8 aromatic rings. The molecule has 0 saturated heterocycles. The first-order valence-electron chi connectivity index (χ1n) is 15.5. The van der Waals surface area contributed by atoms with Crippen molar-refractivity contribution < 1.29 is 0 Å². The fourth-order valence-electron chi connectivity index (χ4n) is 9.08. The maximum atomic E-state index is 2.62. The summed E-state index contributed by atoms with van der Waals surface area (Å²) in [4.78, 5) is 0. The number of para-hydroxylation sites is 1. The van der Waals surface area contributed by atoms with Crippen molar-refractivity contribution in [3.8, 4) is 28.2 Å². The van der Waals surface area contributed by atoms with Crippen molar-refractivity contribution in [2.24, 2.45) is 0 Å². The Labute approximate surface area is 251 Å². The second kappa shape index (κ2) is 7.54. The summed E-state index contributed by atoms with van der Waals surface area (Å²) in [5.74, 6) is 0. The Balaban J connectivity index is 1.43. The van der Waals surface area contributed by atoms with Crippen LogP contribution in [0.2, 0.25) is 0 Å². The third-order valence-electron chi connectivity index (χ3n) is 10.8. The van der Waals surface area contributed by atoms with Crippen LogP contribution in [0.1, 0.15) is 49.9 Å². The van der Waals surface area contributed by atoms with E-state index < -0.39 is 0 Å². The smallest absolute Gasteiger partial charge is 0.0588 e. The topological polar surface area (TPSA) is 4.93 Å². The molecule has 0 amide bonds. The van der Waals surface area contributed by atoms with E-state index in [-0.39, 0.29) is 10.8 Å². The highest BCUT2D eigenvalue weighted by Crippen LogP contribution is 2.64. The molecule has 2 aliphatic rings. The van der Waals surface area contributed by atoms with E-state index in [0.717, 1.165) is 0 Å². The highest BCUT2D eigenvalue weighted by atomic mass is 15.0. The fraction of sp³-hybridized carbons (Fsp3) is 0.143. The van der Waals surface area contributed by atoms with Gasteiger partial charge in [0.25, 0.3) is 0 Å². The molecule has 2 aliphatic carbocycles. The van der Waals surface area contributed by atoms with E-state index in [9.17, 15) is 0 Å². The standard InChI is InChI=1S/C42H31N/c1-41(2)32-23-27-18-17-25-12-10-13-26-20-21-30(34(27)33(25)26)35(32)40-38(41)37-39(43(40)28-14-6-5-7-15-28)31-22-19-24-11-8-9-16-29(24)36(31)42(37,3)4/h5-23H,1-4H3. The molecule has 1 heterocycles. The average Bonchev–Trinajstić information content (AvgIpc) is 3.58. The van der Waals surface area contributed by atoms with Gasteiger partial charge < -0.3 is 4.57 Å². The Bertz CT molecular complexity index is 2470. The third kappa shape index (κ3) is 2.66. The van der Waals surface area contributed by atoms with Crippen LogP contribution in [0, 0.1) is 0 Å². The molecular weight excluding hydrogens is 518 g/mol. The van der Waals surface area contributed by atoms with Gasteiger partial charge in [0.2, 0.25) is 0 Å². The lowest BCUT2D eigenvalue weighted by Gasteiger charge is -2.29. The van der Waals surface area contributed by atoms with Crippen LogP contribution in [0.4, 0.5) is 0 Å². The minimum atomic E-state index is -0.158. The molecule has 1 heteroatoms. The van der Waals surface area contributed by atoms with E-state index in [1.807, 2.05) is 0 Å². The predicted molar refractivity (Wildman–Crippen MR) is 182 cm³/mol. The van der Waals surface area contributed by atoms with Crippen molar-refractivity contribution in [1.82, 2.24) is 4.57 Å². The number of aromatic nitrogens is 1. The van der Waals surface area contributed by atoms with Gasteiger partial charge >= 0.3 is 0 Å². The van der Waals surface area contributed by atoms with Gasteiger partial charge in [-0.15, -0.1) is 0 Å². The molecule has 0 N–H and O–H groups in total. The van der Waals surface area contributed by atoms with Crippen molar-refractivity contribution in [3.05, 3.63) is 138 Å². The number of rotatable bonds is 1. The maximum absolute atomic E-state index is 2.62. The summed E-state index contributed by atoms with van der Waals surface area (Å²) in [5.41, 5.74) is 12.3. The van der Waals surface area contributed by atoms with Gasteiger partial charge in [-0.05, 0) is 83.5 Å². The van der Waals surface area contributed by atoms with E-state index in [1.54, 1.807) is 0 Å². The maximum Gasteiger partial charge on any atom is 0.0588 e. The van der Waals surface area contributed by atoms with Gasteiger partial charge in [0.05, 0.1) is 11.4 Å². The lowest BCUT2D eigenvalue weighted by atomic mass is 9.73. The summed E-state index contributed by atoms with van der Waals surface area (Å²) >= 11 is 0. The average molecular weight is 550 g/mol. The molecule has 0 unspecified atom stereocenters. The van der Waals surface area contributed by atoms with Crippen molar-refractivity contribution in [3.63, 3.8) is 0 Å². The SMILES string of the molecule is CC1(C)c2cc3ccc4cccc5ccc(c2-c2c1c1c(n2-c2ccccc2)-c2ccc6ccccc6c2C1(C)C)c3c45. The first-order chi connectivity index (χ1) is 20.9. The molecule has 7 aromatic carbocycles. The largest absolute Gasteiger partial charge is 0.309 e. The van der Waals surface area contributed by atoms with Crippen LogP contribution < -0.4 is 0 Å². The molecule has 1 nitrogen and oxygen atoms in total. The van der Waals surface area contributed by atoms with Crippen LogP contribution in [0.15, 0.2) is 115 Å². The monoisotopic (exact) mass is 549 g/mol. The molecule has 0 atom stereocenters. The van der Waals surface area contributed by atoms with E-state index in [2.05, 4.69) is 148 Å². The summed E-state index contributed by atoms with van der Waals surface area (Å²) in [5, 5.41) is 10.8. The number of hydrogen-bond donors (Lipinski definition) is 0. The zero-order chi connectivity index (χ0) is 28.8. The lowest BCUT2D eigenvalue weighted by Crippen LogP contribution is -2.23. The molecule has 10 rings (SSSR count). The molecule has 0 bridgehead atoms. The highest BCUT2D eigenvalue weighted by Gasteiger charge is 2.51. The molecule has 0 spiro atoms. The fourth-order valence-corrected chi connectivity index (χ4v) is 9.08. The van der Waals surface area contributed by atoms with Gasteiger partial charge in [-0.2, -0.15) is 0 Å². The van der Waals surface area contributed by atoms with Crippen LogP contribution in [0.5, 0.6) is 0 Å². The molecule has 204 valence electrons. The van der Waals surface area contributed by atoms with Crippen molar-refractivity contribution in [1.29, 1.82) is 0 Å². The Morgan fingerprint density at radius 3 is 1.93 bits per heavy atom. The molecule has 0 aliphatic heterocycles. The molecule has 0 saturated carbocycles. The van der Waals surface area contributed by atoms with Crippen LogP contribution in [0.25, 0.3) is 71.3 Å². The van der Waals surface area contributed by atoms with Crippen molar-refractivity contribution >= 4 is 43.1 Å². The Morgan fingerprint density at radius 1 is 0.465 bits per heavy atom. The number of benzene rings is 7. The number of fused-ring (bicyclic) bond motifs is 10.